The lowest BCUT2D eigenvalue weighted by Crippen LogP contribution is -2.40. The van der Waals surface area contributed by atoms with E-state index in [-0.39, 0.29) is 5.41 Å². The van der Waals surface area contributed by atoms with Gasteiger partial charge in [-0.25, -0.2) is 4.99 Å². The number of hydrogen-bond acceptors (Lipinski definition) is 6. The van der Waals surface area contributed by atoms with Gasteiger partial charge in [-0.1, -0.05) is 44.9 Å². The van der Waals surface area contributed by atoms with E-state index < -0.39 is 0 Å². The van der Waals surface area contributed by atoms with Crippen LogP contribution in [0.2, 0.25) is 0 Å². The molecule has 128 valence electrons. The van der Waals surface area contributed by atoms with Crippen LogP contribution >= 0.6 is 23.5 Å². The highest BCUT2D eigenvalue weighted by Gasteiger charge is 2.47. The highest BCUT2D eigenvalue weighted by molar-refractivity contribution is 8.06. The molecule has 6 heteroatoms. The maximum Gasteiger partial charge on any atom is 0.131 e. The summed E-state index contributed by atoms with van der Waals surface area (Å²) in [5, 5.41) is 17.8. The molecule has 1 fully saturated rings. The molecule has 0 aromatic carbocycles. The highest BCUT2D eigenvalue weighted by atomic mass is 32.2. The monoisotopic (exact) mass is 360 g/mol. The summed E-state index contributed by atoms with van der Waals surface area (Å²) in [6, 6.07) is 2.51. The van der Waals surface area contributed by atoms with Gasteiger partial charge in [0.15, 0.2) is 0 Å². The smallest absolute Gasteiger partial charge is 0.131 e. The lowest BCUT2D eigenvalue weighted by molar-refractivity contribution is 0.301. The third kappa shape index (κ3) is 3.00. The summed E-state index contributed by atoms with van der Waals surface area (Å²) >= 11 is 3.31. The van der Waals surface area contributed by atoms with Crippen LogP contribution in [-0.2, 0) is 0 Å². The molecule has 0 atom stereocenters. The van der Waals surface area contributed by atoms with Crippen molar-refractivity contribution >= 4 is 29.4 Å². The van der Waals surface area contributed by atoms with Crippen molar-refractivity contribution < 1.29 is 0 Å². The summed E-state index contributed by atoms with van der Waals surface area (Å²) in [5.74, 6) is 0.581. The van der Waals surface area contributed by atoms with Crippen molar-refractivity contribution in [2.75, 3.05) is 0 Å². The predicted octanol–water partition coefficient (Wildman–Crippen LogP) is 4.59. The number of aliphatic imine (C=N–C) groups is 1. The third-order valence-electron chi connectivity index (χ3n) is 4.71. The zero-order valence-corrected chi connectivity index (χ0v) is 16.1. The molecule has 0 bridgehead atoms. The van der Waals surface area contributed by atoms with Crippen LogP contribution in [0.15, 0.2) is 37.3 Å². The number of nitrogens with two attached hydrogens (primary N) is 1. The quantitative estimate of drug-likeness (QED) is 0.753. The molecule has 1 spiro atoms. The van der Waals surface area contributed by atoms with Crippen LogP contribution in [0.4, 0.5) is 0 Å². The van der Waals surface area contributed by atoms with Crippen molar-refractivity contribution in [3.63, 3.8) is 0 Å². The fourth-order valence-electron chi connectivity index (χ4n) is 3.76. The Kier molecular flexibility index (Phi) is 5.03. The van der Waals surface area contributed by atoms with E-state index in [0.717, 1.165) is 52.6 Å². The first-order chi connectivity index (χ1) is 11.5. The van der Waals surface area contributed by atoms with Crippen molar-refractivity contribution in [3.8, 4) is 6.07 Å². The Morgan fingerprint density at radius 3 is 2.62 bits per heavy atom. The van der Waals surface area contributed by atoms with Gasteiger partial charge in [-0.2, -0.15) is 5.26 Å². The molecule has 0 amide bonds. The average molecular weight is 361 g/mol. The number of thioether (sulfide) groups is 2. The molecule has 1 saturated carbocycles. The molecule has 4 nitrogen and oxygen atoms in total. The standard InChI is InChI=1S/C18H24N4S2/c1-11(2)24-16-13(9-19)18(7-5-4-6-8-18)14(15(20)22-16)17-21-12(3)10-23-17/h10-11,21H,4-8H2,1-3H3,(H2,20,22)/b17-14+. The molecule has 3 rings (SSSR count). The van der Waals surface area contributed by atoms with E-state index >= 15 is 0 Å². The zero-order valence-electron chi connectivity index (χ0n) is 14.5. The van der Waals surface area contributed by atoms with Crippen molar-refractivity contribution in [1.82, 2.24) is 5.32 Å². The molecule has 0 aromatic heterocycles. The van der Waals surface area contributed by atoms with Gasteiger partial charge in [-0.15, -0.1) is 11.8 Å². The van der Waals surface area contributed by atoms with E-state index in [9.17, 15) is 5.26 Å². The molecule has 0 unspecified atom stereocenters. The molecule has 1 aliphatic carbocycles. The van der Waals surface area contributed by atoms with Crippen molar-refractivity contribution in [2.24, 2.45) is 16.1 Å². The van der Waals surface area contributed by atoms with E-state index in [2.05, 4.69) is 35.6 Å². The van der Waals surface area contributed by atoms with Gasteiger partial charge in [0.05, 0.1) is 16.7 Å². The van der Waals surface area contributed by atoms with Crippen molar-refractivity contribution in [2.45, 2.75) is 58.1 Å². The Morgan fingerprint density at radius 1 is 1.38 bits per heavy atom. The summed E-state index contributed by atoms with van der Waals surface area (Å²) < 4.78 is 0. The van der Waals surface area contributed by atoms with Gasteiger partial charge in [0, 0.05) is 21.9 Å². The fraction of sp³-hybridized carbons (Fsp3) is 0.556. The molecule has 2 aliphatic heterocycles. The average Bonchev–Trinajstić information content (AvgIpc) is 2.93. The van der Waals surface area contributed by atoms with Crippen LogP contribution in [0.1, 0.15) is 52.9 Å². The van der Waals surface area contributed by atoms with Gasteiger partial charge >= 0.3 is 0 Å². The van der Waals surface area contributed by atoms with Gasteiger partial charge in [0.2, 0.25) is 0 Å². The Labute approximate surface area is 152 Å². The molecular formula is C18H24N4S2. The predicted molar refractivity (Wildman–Crippen MR) is 104 cm³/mol. The number of allylic oxidation sites excluding steroid dienone is 2. The minimum Gasteiger partial charge on any atom is -0.383 e. The molecule has 0 radical (unpaired) electrons. The highest BCUT2D eigenvalue weighted by Crippen LogP contribution is 2.54. The minimum atomic E-state index is -0.274. The van der Waals surface area contributed by atoms with Crippen molar-refractivity contribution in [1.29, 1.82) is 5.26 Å². The number of nitrogens with zero attached hydrogens (tertiary/aromatic N) is 2. The molecule has 24 heavy (non-hydrogen) atoms. The maximum absolute atomic E-state index is 10.00. The Bertz CT molecular complexity index is 701. The first-order valence-corrected chi connectivity index (χ1v) is 10.2. The van der Waals surface area contributed by atoms with Crippen LogP contribution in [0.3, 0.4) is 0 Å². The van der Waals surface area contributed by atoms with Crippen molar-refractivity contribution in [3.05, 3.63) is 32.3 Å². The van der Waals surface area contributed by atoms with Crippen LogP contribution in [0.5, 0.6) is 0 Å². The van der Waals surface area contributed by atoms with Crippen LogP contribution < -0.4 is 11.1 Å². The zero-order chi connectivity index (χ0) is 17.3. The van der Waals surface area contributed by atoms with Gasteiger partial charge in [0.1, 0.15) is 10.9 Å². The largest absolute Gasteiger partial charge is 0.383 e. The van der Waals surface area contributed by atoms with E-state index in [4.69, 9.17) is 5.73 Å². The Hall–Kier alpha value is -1.32. The molecule has 0 aromatic rings. The summed E-state index contributed by atoms with van der Waals surface area (Å²) in [7, 11) is 0. The second kappa shape index (κ2) is 6.89. The first-order valence-electron chi connectivity index (χ1n) is 8.49. The SMILES string of the molecule is CC1=CS/C(=C2\C(N)=NC(SC(C)C)=C(C#N)C23CCCCC3)N1. The number of hydrogen-bond donors (Lipinski definition) is 2. The second-order valence-corrected chi connectivity index (χ2v) is 9.29. The number of nitriles is 1. The normalized spacial score (nSPS) is 26.3. The Balaban J connectivity index is 2.17. The molecule has 2 heterocycles. The van der Waals surface area contributed by atoms with Crippen LogP contribution in [0, 0.1) is 16.7 Å². The topological polar surface area (TPSA) is 74.2 Å². The van der Waals surface area contributed by atoms with Gasteiger partial charge < -0.3 is 11.1 Å². The maximum atomic E-state index is 10.00. The van der Waals surface area contributed by atoms with E-state index in [1.165, 1.54) is 6.42 Å². The lowest BCUT2D eigenvalue weighted by atomic mass is 9.64. The summed E-state index contributed by atoms with van der Waals surface area (Å²) in [6.07, 6.45) is 5.45. The third-order valence-corrected chi connectivity index (χ3v) is 6.71. The number of amidine groups is 1. The molecule has 3 aliphatic rings. The fourth-order valence-corrected chi connectivity index (χ4v) is 5.70. The second-order valence-electron chi connectivity index (χ2n) is 6.85. The van der Waals surface area contributed by atoms with Gasteiger partial charge in [-0.3, -0.25) is 0 Å². The van der Waals surface area contributed by atoms with Crippen LogP contribution in [-0.4, -0.2) is 11.1 Å². The van der Waals surface area contributed by atoms with Gasteiger partial charge in [0.25, 0.3) is 0 Å². The first kappa shape index (κ1) is 17.5. The summed E-state index contributed by atoms with van der Waals surface area (Å²) in [6.45, 7) is 6.30. The lowest BCUT2D eigenvalue weighted by Gasteiger charge is -2.42. The minimum absolute atomic E-state index is 0.274. The van der Waals surface area contributed by atoms with E-state index in [1.807, 2.05) is 6.92 Å². The molecular weight excluding hydrogens is 336 g/mol. The van der Waals surface area contributed by atoms with E-state index in [0.29, 0.717) is 11.1 Å². The number of nitrogens with one attached hydrogen (secondary N) is 1. The number of rotatable bonds is 2. The van der Waals surface area contributed by atoms with Crippen LogP contribution in [0.25, 0.3) is 0 Å². The molecule has 3 N–H and O–H groups in total. The van der Waals surface area contributed by atoms with E-state index in [1.54, 1.807) is 23.5 Å². The summed E-state index contributed by atoms with van der Waals surface area (Å²) in [5.41, 5.74) is 9.16. The Morgan fingerprint density at radius 2 is 2.08 bits per heavy atom. The van der Waals surface area contributed by atoms with Gasteiger partial charge in [-0.05, 0) is 25.2 Å². The molecule has 0 saturated heterocycles. The summed E-state index contributed by atoms with van der Waals surface area (Å²) in [4.78, 5) is 4.66.